The number of ketones is 2. The number of anilines is 4. The molecule has 1 aliphatic carbocycles. The Morgan fingerprint density at radius 3 is 1.24 bits per heavy atom. The van der Waals surface area contributed by atoms with E-state index in [0.717, 1.165) is 37.1 Å². The highest BCUT2D eigenvalue weighted by atomic mass is 16.3. The molecule has 0 bridgehead atoms. The minimum atomic E-state index is -0.532. The van der Waals surface area contributed by atoms with E-state index in [1.165, 1.54) is 23.3 Å². The minimum absolute atomic E-state index is 0.0384. The molecule has 5 rings (SSSR count). The molecule has 0 fully saturated rings. The van der Waals surface area contributed by atoms with Crippen LogP contribution in [-0.2, 0) is 12.8 Å². The van der Waals surface area contributed by atoms with Gasteiger partial charge in [0.05, 0.1) is 33.6 Å². The minimum Gasteiger partial charge on any atom is -0.507 e. The average Bonchev–Trinajstić information content (AvgIpc) is 2.91. The topological polar surface area (TPSA) is 98.7 Å². The second-order valence-corrected chi connectivity index (χ2v) is 9.57. The molecule has 6 nitrogen and oxygen atoms in total. The van der Waals surface area contributed by atoms with Gasteiger partial charge in [0, 0.05) is 11.4 Å². The molecule has 0 heterocycles. The van der Waals surface area contributed by atoms with Gasteiger partial charge in [-0.2, -0.15) is 0 Å². The third-order valence-electron chi connectivity index (χ3n) is 6.82. The Morgan fingerprint density at radius 1 is 0.526 bits per heavy atom. The highest BCUT2D eigenvalue weighted by Crippen LogP contribution is 2.43. The van der Waals surface area contributed by atoms with Crippen molar-refractivity contribution in [2.75, 3.05) is 10.6 Å². The zero-order chi connectivity index (χ0) is 26.8. The number of rotatable bonds is 8. The first-order valence-corrected chi connectivity index (χ1v) is 12.9. The summed E-state index contributed by atoms with van der Waals surface area (Å²) in [6.45, 7) is 4.24. The van der Waals surface area contributed by atoms with E-state index in [1.54, 1.807) is 12.1 Å². The zero-order valence-electron chi connectivity index (χ0n) is 21.5. The number of nitrogens with one attached hydrogen (secondary N) is 2. The lowest BCUT2D eigenvalue weighted by molar-refractivity contribution is 0.0975. The summed E-state index contributed by atoms with van der Waals surface area (Å²) in [6, 6.07) is 21.7. The van der Waals surface area contributed by atoms with Crippen molar-refractivity contribution in [1.82, 2.24) is 0 Å². The SMILES string of the molecule is CCCc1ccc(Nc2ccc(O)c3c2C(=O)c2c(O)ccc(Nc4ccc(CCC)cc4)c2C3=O)cc1. The number of carbonyl (C=O) groups excluding carboxylic acids is 2. The molecule has 0 saturated carbocycles. The van der Waals surface area contributed by atoms with Gasteiger partial charge in [-0.05, 0) is 72.5 Å². The lowest BCUT2D eigenvalue weighted by Gasteiger charge is -2.24. The van der Waals surface area contributed by atoms with E-state index in [4.69, 9.17) is 0 Å². The third-order valence-corrected chi connectivity index (χ3v) is 6.82. The fraction of sp³-hybridized carbons (Fsp3) is 0.188. The summed E-state index contributed by atoms with van der Waals surface area (Å²) in [6.07, 6.45) is 4.02. The standard InChI is InChI=1S/C32H30N2O4/c1-3-5-19-7-11-21(12-8-19)33-23-15-17-25(35)29-27(23)31(37)30-26(36)18-16-24(28(30)32(29)38)34-22-13-9-20(6-4-2)10-14-22/h7-18,33-36H,3-6H2,1-2H3. The number of phenols is 2. The number of fused-ring (bicyclic) bond motifs is 2. The number of hydrogen-bond donors (Lipinski definition) is 4. The Balaban J connectivity index is 1.54. The summed E-state index contributed by atoms with van der Waals surface area (Å²) in [7, 11) is 0. The van der Waals surface area contributed by atoms with Crippen LogP contribution >= 0.6 is 0 Å². The maximum Gasteiger partial charge on any atom is 0.200 e. The molecule has 1 aliphatic rings. The highest BCUT2D eigenvalue weighted by molar-refractivity contribution is 6.33. The largest absolute Gasteiger partial charge is 0.507 e. The van der Waals surface area contributed by atoms with Gasteiger partial charge in [0.25, 0.3) is 0 Å². The second kappa shape index (κ2) is 10.4. The number of aromatic hydroxyl groups is 2. The van der Waals surface area contributed by atoms with Crippen LogP contribution in [0.25, 0.3) is 0 Å². The highest BCUT2D eigenvalue weighted by Gasteiger charge is 2.38. The van der Waals surface area contributed by atoms with Crippen molar-refractivity contribution in [2.45, 2.75) is 39.5 Å². The van der Waals surface area contributed by atoms with Crippen molar-refractivity contribution in [3.63, 3.8) is 0 Å². The van der Waals surface area contributed by atoms with Gasteiger partial charge in [0.15, 0.2) is 0 Å². The van der Waals surface area contributed by atoms with Crippen LogP contribution in [0.2, 0.25) is 0 Å². The van der Waals surface area contributed by atoms with Gasteiger partial charge in [-0.25, -0.2) is 0 Å². The van der Waals surface area contributed by atoms with Gasteiger partial charge in [-0.1, -0.05) is 51.0 Å². The Morgan fingerprint density at radius 2 is 0.895 bits per heavy atom. The molecule has 4 aromatic carbocycles. The molecular weight excluding hydrogens is 476 g/mol. The Labute approximate surface area is 222 Å². The van der Waals surface area contributed by atoms with Crippen LogP contribution in [0, 0.1) is 0 Å². The first-order chi connectivity index (χ1) is 18.4. The van der Waals surface area contributed by atoms with Gasteiger partial charge in [0.1, 0.15) is 11.5 Å². The van der Waals surface area contributed by atoms with E-state index in [-0.39, 0.29) is 33.8 Å². The number of aryl methyl sites for hydroxylation is 2. The van der Waals surface area contributed by atoms with E-state index in [0.29, 0.717) is 11.4 Å². The normalized spacial score (nSPS) is 12.2. The predicted molar refractivity (Wildman–Crippen MR) is 151 cm³/mol. The number of phenolic OH excluding ortho intramolecular Hbond substituents is 2. The van der Waals surface area contributed by atoms with Crippen LogP contribution in [0.4, 0.5) is 22.7 Å². The molecule has 192 valence electrons. The lowest BCUT2D eigenvalue weighted by atomic mass is 9.81. The maximum atomic E-state index is 13.8. The smallest absolute Gasteiger partial charge is 0.200 e. The molecule has 0 saturated heterocycles. The fourth-order valence-corrected chi connectivity index (χ4v) is 4.97. The Bertz CT molecular complexity index is 1410. The van der Waals surface area contributed by atoms with Gasteiger partial charge in [-0.3, -0.25) is 9.59 Å². The first kappa shape index (κ1) is 25.1. The summed E-state index contributed by atoms with van der Waals surface area (Å²) < 4.78 is 0. The summed E-state index contributed by atoms with van der Waals surface area (Å²) in [5.74, 6) is -1.64. The molecule has 0 aromatic heterocycles. The third kappa shape index (κ3) is 4.61. The Kier molecular flexibility index (Phi) is 6.88. The van der Waals surface area contributed by atoms with E-state index in [2.05, 4.69) is 24.5 Å². The van der Waals surface area contributed by atoms with Crippen molar-refractivity contribution < 1.29 is 19.8 Å². The van der Waals surface area contributed by atoms with Crippen molar-refractivity contribution in [3.05, 3.63) is 106 Å². The van der Waals surface area contributed by atoms with Gasteiger partial charge in [-0.15, -0.1) is 0 Å². The van der Waals surface area contributed by atoms with Crippen LogP contribution in [-0.4, -0.2) is 21.8 Å². The number of benzene rings is 4. The lowest BCUT2D eigenvalue weighted by Crippen LogP contribution is -2.23. The molecule has 4 aromatic rings. The molecule has 38 heavy (non-hydrogen) atoms. The molecule has 0 aliphatic heterocycles. The van der Waals surface area contributed by atoms with E-state index >= 15 is 0 Å². The van der Waals surface area contributed by atoms with Crippen LogP contribution in [0.3, 0.4) is 0 Å². The average molecular weight is 507 g/mol. The van der Waals surface area contributed by atoms with Crippen molar-refractivity contribution in [2.24, 2.45) is 0 Å². The van der Waals surface area contributed by atoms with Crippen molar-refractivity contribution >= 4 is 34.3 Å². The summed E-state index contributed by atoms with van der Waals surface area (Å²) in [5.41, 5.74) is 4.58. The molecule has 4 N–H and O–H groups in total. The Hall–Kier alpha value is -4.58. The zero-order valence-corrected chi connectivity index (χ0v) is 21.5. The summed E-state index contributed by atoms with van der Waals surface area (Å²) >= 11 is 0. The van der Waals surface area contributed by atoms with Crippen LogP contribution in [0.1, 0.15) is 69.7 Å². The molecular formula is C32H30N2O4. The van der Waals surface area contributed by atoms with E-state index < -0.39 is 11.6 Å². The molecule has 0 radical (unpaired) electrons. The van der Waals surface area contributed by atoms with Gasteiger partial charge in [0.2, 0.25) is 11.6 Å². The van der Waals surface area contributed by atoms with E-state index in [1.807, 2.05) is 48.5 Å². The quantitative estimate of drug-likeness (QED) is 0.165. The van der Waals surface area contributed by atoms with Gasteiger partial charge < -0.3 is 20.8 Å². The monoisotopic (exact) mass is 506 g/mol. The first-order valence-electron chi connectivity index (χ1n) is 12.9. The fourth-order valence-electron chi connectivity index (χ4n) is 4.97. The number of carbonyl (C=O) groups is 2. The molecule has 6 heteroatoms. The second-order valence-electron chi connectivity index (χ2n) is 9.57. The van der Waals surface area contributed by atoms with Crippen LogP contribution in [0.5, 0.6) is 11.5 Å². The molecule has 0 amide bonds. The molecule has 0 spiro atoms. The van der Waals surface area contributed by atoms with Gasteiger partial charge >= 0.3 is 0 Å². The predicted octanol–water partition coefficient (Wildman–Crippen LogP) is 7.27. The maximum absolute atomic E-state index is 13.8. The van der Waals surface area contributed by atoms with Crippen molar-refractivity contribution in [1.29, 1.82) is 0 Å². The molecule has 0 unspecified atom stereocenters. The molecule has 0 atom stereocenters. The van der Waals surface area contributed by atoms with Crippen molar-refractivity contribution in [3.8, 4) is 11.5 Å². The summed E-state index contributed by atoms with van der Waals surface area (Å²) in [5, 5.41) is 27.8. The van der Waals surface area contributed by atoms with E-state index in [9.17, 15) is 19.8 Å². The summed E-state index contributed by atoms with van der Waals surface area (Å²) in [4.78, 5) is 27.6. The number of hydrogen-bond acceptors (Lipinski definition) is 6. The van der Waals surface area contributed by atoms with Crippen LogP contribution in [0.15, 0.2) is 72.8 Å². The van der Waals surface area contributed by atoms with Crippen LogP contribution < -0.4 is 10.6 Å².